The molecule has 10 aromatic rings. The van der Waals surface area contributed by atoms with E-state index in [4.69, 9.17) is 4.74 Å². The van der Waals surface area contributed by atoms with Gasteiger partial charge in [0.25, 0.3) is 34.4 Å². The van der Waals surface area contributed by atoms with Crippen molar-refractivity contribution in [2.75, 3.05) is 40.2 Å². The number of aryl methyl sites for hydroxylation is 11. The maximum absolute atomic E-state index is 12.2. The van der Waals surface area contributed by atoms with Crippen LogP contribution in [-0.4, -0.2) is 113 Å². The number of pyridine rings is 1. The Balaban J connectivity index is 0.000000140. The Bertz CT molecular complexity index is 5320. The number of hydrogen-bond donors (Lipinski definition) is 1. The fraction of sp³-hybridized carbons (Fsp3) is 0.361. The molecule has 1 aliphatic carbocycles. The third kappa shape index (κ3) is 15.6. The van der Waals surface area contributed by atoms with Gasteiger partial charge in [0.2, 0.25) is 5.91 Å². The predicted octanol–water partition coefficient (Wildman–Crippen LogP) is 10.5. The van der Waals surface area contributed by atoms with Gasteiger partial charge >= 0.3 is 11.4 Å². The third-order valence-corrected chi connectivity index (χ3v) is 20.6. The molecule has 0 radical (unpaired) electrons. The van der Waals surface area contributed by atoms with E-state index in [0.29, 0.717) is 40.3 Å². The first-order valence-electron chi connectivity index (χ1n) is 34.4. The quantitative estimate of drug-likeness (QED) is 0.163. The summed E-state index contributed by atoms with van der Waals surface area (Å²) < 4.78 is 12.1. The Morgan fingerprint density at radius 3 is 1.50 bits per heavy atom. The average molecular weight is 1400 g/mol. The molecular weight excluding hydrogens is 1300 g/mol. The summed E-state index contributed by atoms with van der Waals surface area (Å²) in [6.45, 7) is 22.3. The first-order chi connectivity index (χ1) is 48.2. The van der Waals surface area contributed by atoms with E-state index in [9.17, 15) is 48.3 Å². The molecule has 1 unspecified atom stereocenters. The smallest absolute Gasteiger partial charge is 0.330 e. The van der Waals surface area contributed by atoms with E-state index in [1.807, 2.05) is 165 Å². The number of ether oxygens (including phenoxy) is 1. The first-order valence-corrected chi connectivity index (χ1v) is 34.4. The normalized spacial score (nSPS) is 16.2. The largest absolute Gasteiger partial charge is 0.496 e. The number of anilines is 1. The molecule has 20 nitrogen and oxygen atoms in total. The third-order valence-electron chi connectivity index (χ3n) is 20.6. The molecule has 7 aromatic carbocycles. The fourth-order valence-corrected chi connectivity index (χ4v) is 13.7. The lowest BCUT2D eigenvalue weighted by molar-refractivity contribution is -0.134. The number of benzene rings is 7. The molecule has 1 saturated carbocycles. The topological polar surface area (TPSA) is 221 Å². The molecule has 7 heterocycles. The van der Waals surface area contributed by atoms with Crippen molar-refractivity contribution in [3.63, 3.8) is 0 Å². The summed E-state index contributed by atoms with van der Waals surface area (Å²) in [5.41, 5.74) is 15.9. The molecule has 4 aliphatic heterocycles. The van der Waals surface area contributed by atoms with Gasteiger partial charge in [-0.25, -0.2) is 9.59 Å². The van der Waals surface area contributed by atoms with Crippen LogP contribution >= 0.6 is 0 Å². The number of amides is 4. The summed E-state index contributed by atoms with van der Waals surface area (Å²) in [5.74, 6) is 1.17. The minimum atomic E-state index is -1.36. The van der Waals surface area contributed by atoms with Crippen LogP contribution in [-0.2, 0) is 76.2 Å². The number of aromatic nitrogens is 5. The van der Waals surface area contributed by atoms with Crippen LogP contribution in [0, 0.1) is 55.4 Å². The van der Waals surface area contributed by atoms with Gasteiger partial charge in [0.15, 0.2) is 5.60 Å². The molecule has 540 valence electrons. The molecule has 1 atom stereocenters. The number of rotatable bonds is 1. The van der Waals surface area contributed by atoms with Crippen LogP contribution in [0.25, 0.3) is 32.6 Å². The summed E-state index contributed by atoms with van der Waals surface area (Å²) in [6.07, 6.45) is 6.71. The standard InChI is InChI=1S/C13H15NO.C13H17NO.C12H15NO2.C12H13NO.2C11H12N2O2.C11H13NO2/c1-9-3-4-10-8-13(5-6-13)14(2)12(15)11(10)7-9;1-9-5-6-10-8-13(2,3)14(4)12(15)11(10)7-9;1-8-4-9-6-12(14)13(2)7-10(9)5-11(8)15-3;1-8-4-5-10-9(2)7-13(3)12(14)11(10)6-8;1-7-4-5-9-8(6-7)10(14)13(3)11(15)12(9)2;1-7-4-5-8-9(6-7)12(2)11(15)13(3)10(8)14;1-7-4-5-8-9(6-7)12(3)10(13)11(8,2)14/h3-4,7H,5-6,8H2,1-2H3;5-7H,8H2,1-4H3;4-5H,6-7H2,1-3H3;4-7H,1-3H3;2*4-6H,1-3H3;4-6,14H,1-3H3. The van der Waals surface area contributed by atoms with Crippen molar-refractivity contribution in [2.45, 2.75) is 131 Å². The number of methoxy groups -OCH3 is 1. The maximum atomic E-state index is 12.2. The van der Waals surface area contributed by atoms with Gasteiger partial charge in [0, 0.05) is 109 Å². The zero-order chi connectivity index (χ0) is 76.0. The van der Waals surface area contributed by atoms with Crippen LogP contribution < -0.4 is 37.7 Å². The zero-order valence-corrected chi connectivity index (χ0v) is 63.4. The highest BCUT2D eigenvalue weighted by Gasteiger charge is 2.51. The van der Waals surface area contributed by atoms with Crippen molar-refractivity contribution in [3.05, 3.63) is 263 Å². The van der Waals surface area contributed by atoms with E-state index in [1.54, 1.807) is 63.0 Å². The lowest BCUT2D eigenvalue weighted by Gasteiger charge is -2.40. The van der Waals surface area contributed by atoms with Gasteiger partial charge in [0.05, 0.1) is 41.0 Å². The van der Waals surface area contributed by atoms with Crippen molar-refractivity contribution in [1.82, 2.24) is 37.5 Å². The zero-order valence-electron chi connectivity index (χ0n) is 63.4. The monoisotopic (exact) mass is 1400 g/mol. The second kappa shape index (κ2) is 29.7. The molecule has 0 saturated heterocycles. The summed E-state index contributed by atoms with van der Waals surface area (Å²) in [5, 5.41) is 13.0. The molecule has 1 spiro atoms. The molecule has 0 bridgehead atoms. The lowest BCUT2D eigenvalue weighted by Crippen LogP contribution is -2.50. The molecule has 103 heavy (non-hydrogen) atoms. The van der Waals surface area contributed by atoms with Gasteiger partial charge in [-0.1, -0.05) is 89.0 Å². The highest BCUT2D eigenvalue weighted by molar-refractivity contribution is 6.06. The number of carbonyl (C=O) groups is 4. The SMILES string of the molecule is COc1cc2c(cc1C)CC(=O)N(C)C2.Cc1ccc2c(=O)n(C)c(=O)n(C)c2c1.Cc1ccc2c(C)cn(C)c(=O)c2c1.Cc1ccc2c(c1)C(=O)N(C)C(C)(C)C2.Cc1ccc2c(c1)C(=O)N(C)C1(CC1)C2.Cc1ccc2c(c1)N(C)C(=O)C2(C)O.Cc1ccc2c(c1)c(=O)n(C)c(=O)n2C. The van der Waals surface area contributed by atoms with Gasteiger partial charge in [-0.05, 0) is 206 Å². The fourth-order valence-electron chi connectivity index (χ4n) is 13.7. The van der Waals surface area contributed by atoms with Crippen LogP contribution in [0.4, 0.5) is 5.69 Å². The van der Waals surface area contributed by atoms with E-state index in [0.717, 1.165) is 99.8 Å². The van der Waals surface area contributed by atoms with Gasteiger partial charge in [-0.3, -0.25) is 51.8 Å². The minimum Gasteiger partial charge on any atom is -0.496 e. The van der Waals surface area contributed by atoms with Crippen LogP contribution in [0.5, 0.6) is 5.75 Å². The number of fused-ring (bicyclic) bond motifs is 7. The summed E-state index contributed by atoms with van der Waals surface area (Å²) in [7, 11) is 17.1. The Hall–Kier alpha value is -10.7. The van der Waals surface area contributed by atoms with Crippen LogP contribution in [0.3, 0.4) is 0 Å². The molecule has 15 rings (SSSR count). The van der Waals surface area contributed by atoms with E-state index in [2.05, 4.69) is 44.2 Å². The average Bonchev–Trinajstić information content (AvgIpc) is 1.59. The molecule has 1 N–H and O–H groups in total. The number of likely N-dealkylation sites (N-methyl/N-ethyl adjacent to an activating group) is 4. The van der Waals surface area contributed by atoms with Gasteiger partial charge < -0.3 is 34.0 Å². The summed E-state index contributed by atoms with van der Waals surface area (Å²) in [6, 6.07) is 39.1. The van der Waals surface area contributed by atoms with Crippen molar-refractivity contribution >= 4 is 61.9 Å². The number of hydrogen-bond acceptors (Lipinski definition) is 11. The Morgan fingerprint density at radius 1 is 0.437 bits per heavy atom. The molecule has 4 amide bonds. The second-order valence-electron chi connectivity index (χ2n) is 29.1. The van der Waals surface area contributed by atoms with Crippen molar-refractivity contribution in [1.29, 1.82) is 0 Å². The van der Waals surface area contributed by atoms with Gasteiger partial charge in [-0.15, -0.1) is 0 Å². The van der Waals surface area contributed by atoms with E-state index in [1.165, 1.54) is 70.1 Å². The van der Waals surface area contributed by atoms with Crippen LogP contribution in [0.1, 0.15) is 127 Å². The molecule has 1 fully saturated rings. The summed E-state index contributed by atoms with van der Waals surface area (Å²) >= 11 is 0. The number of aliphatic hydroxyl groups is 1. The Kier molecular flexibility index (Phi) is 22.0. The first kappa shape index (κ1) is 76.4. The molecular formula is C83H97N9O11. The number of nitrogens with zero attached hydrogens (tertiary/aromatic N) is 9. The Labute approximate surface area is 601 Å². The molecule has 20 heteroatoms. The molecule has 3 aromatic heterocycles. The van der Waals surface area contributed by atoms with Gasteiger partial charge in [-0.2, -0.15) is 0 Å². The Morgan fingerprint density at radius 2 is 0.922 bits per heavy atom. The molecule has 5 aliphatic rings. The highest BCUT2D eigenvalue weighted by Crippen LogP contribution is 2.47. The predicted molar refractivity (Wildman–Crippen MR) is 409 cm³/mol. The van der Waals surface area contributed by atoms with Crippen LogP contribution in [0.15, 0.2) is 151 Å². The van der Waals surface area contributed by atoms with E-state index < -0.39 is 5.60 Å². The maximum Gasteiger partial charge on any atom is 0.330 e. The second-order valence-corrected chi connectivity index (χ2v) is 29.1. The van der Waals surface area contributed by atoms with Crippen molar-refractivity contribution in [2.24, 2.45) is 35.2 Å². The van der Waals surface area contributed by atoms with Crippen LogP contribution in [0.2, 0.25) is 0 Å². The van der Waals surface area contributed by atoms with E-state index >= 15 is 0 Å². The lowest BCUT2D eigenvalue weighted by atomic mass is 9.85. The van der Waals surface area contributed by atoms with Crippen molar-refractivity contribution < 1.29 is 29.0 Å². The summed E-state index contributed by atoms with van der Waals surface area (Å²) in [4.78, 5) is 113. The highest BCUT2D eigenvalue weighted by atomic mass is 16.5. The van der Waals surface area contributed by atoms with Crippen molar-refractivity contribution in [3.8, 4) is 5.75 Å². The number of carbonyl (C=O) groups excluding carboxylic acids is 4. The minimum absolute atomic E-state index is 0.0701. The van der Waals surface area contributed by atoms with E-state index in [-0.39, 0.29) is 62.8 Å². The van der Waals surface area contributed by atoms with Gasteiger partial charge in [0.1, 0.15) is 5.75 Å².